The fourth-order valence-corrected chi connectivity index (χ4v) is 5.08. The summed E-state index contributed by atoms with van der Waals surface area (Å²) in [5, 5.41) is 32.9. The van der Waals surface area contributed by atoms with Crippen LogP contribution < -0.4 is 5.32 Å². The lowest BCUT2D eigenvalue weighted by atomic mass is 9.91. The lowest BCUT2D eigenvalue weighted by Gasteiger charge is -2.42. The van der Waals surface area contributed by atoms with Crippen LogP contribution in [0.2, 0.25) is 0 Å². The third-order valence-electron chi connectivity index (χ3n) is 7.15. The molecule has 2 aromatic carbocycles. The SMILES string of the molecule is C[C@H]1[C@@H](O)[C@@H](O)[C@H](O)CN1Cc1ccc(C2=C/C(=C3\C(=O)Nc4ccc(F)cc43)OC2(C)C)cc1. The summed E-state index contributed by atoms with van der Waals surface area (Å²) < 4.78 is 20.1. The fraction of sp³-hybridized carbons (Fsp3) is 0.370. The molecule has 0 aliphatic carbocycles. The van der Waals surface area contributed by atoms with Gasteiger partial charge in [-0.2, -0.15) is 0 Å². The highest BCUT2D eigenvalue weighted by molar-refractivity contribution is 6.32. The molecule has 3 heterocycles. The monoisotopic (exact) mass is 480 g/mol. The van der Waals surface area contributed by atoms with Gasteiger partial charge in [-0.15, -0.1) is 0 Å². The molecule has 4 N–H and O–H groups in total. The number of ether oxygens (including phenoxy) is 1. The molecule has 8 heteroatoms. The second-order valence-electron chi connectivity index (χ2n) is 9.97. The minimum Gasteiger partial charge on any atom is -0.482 e. The minimum absolute atomic E-state index is 0.272. The molecule has 0 bridgehead atoms. The fourth-order valence-electron chi connectivity index (χ4n) is 5.08. The maximum Gasteiger partial charge on any atom is 0.260 e. The number of amides is 1. The summed E-state index contributed by atoms with van der Waals surface area (Å²) in [4.78, 5) is 14.6. The maximum atomic E-state index is 13.9. The van der Waals surface area contributed by atoms with Crippen molar-refractivity contribution in [3.8, 4) is 0 Å². The molecule has 2 aromatic rings. The molecule has 7 nitrogen and oxygen atoms in total. The van der Waals surface area contributed by atoms with Gasteiger partial charge in [0.2, 0.25) is 0 Å². The summed E-state index contributed by atoms with van der Waals surface area (Å²) in [7, 11) is 0. The van der Waals surface area contributed by atoms with Crippen LogP contribution in [-0.4, -0.2) is 62.6 Å². The predicted octanol–water partition coefficient (Wildman–Crippen LogP) is 2.67. The smallest absolute Gasteiger partial charge is 0.260 e. The lowest BCUT2D eigenvalue weighted by molar-refractivity contribution is -0.135. The second-order valence-corrected chi connectivity index (χ2v) is 9.97. The summed E-state index contributed by atoms with van der Waals surface area (Å²) >= 11 is 0. The topological polar surface area (TPSA) is 102 Å². The van der Waals surface area contributed by atoms with Gasteiger partial charge in [0.1, 0.15) is 23.3 Å². The van der Waals surface area contributed by atoms with Gasteiger partial charge in [0.05, 0.1) is 17.8 Å². The molecule has 35 heavy (non-hydrogen) atoms. The third-order valence-corrected chi connectivity index (χ3v) is 7.15. The highest BCUT2D eigenvalue weighted by Crippen LogP contribution is 2.44. The Morgan fingerprint density at radius 1 is 1.11 bits per heavy atom. The van der Waals surface area contributed by atoms with Crippen LogP contribution in [0, 0.1) is 5.82 Å². The van der Waals surface area contributed by atoms with Crippen LogP contribution in [0.1, 0.15) is 37.5 Å². The molecule has 3 aliphatic rings. The van der Waals surface area contributed by atoms with Crippen LogP contribution in [0.5, 0.6) is 0 Å². The zero-order valence-electron chi connectivity index (χ0n) is 19.8. The summed E-state index contributed by atoms with van der Waals surface area (Å²) in [5.74, 6) is -0.345. The van der Waals surface area contributed by atoms with Crippen LogP contribution in [0.15, 0.2) is 54.3 Å². The molecule has 0 unspecified atom stereocenters. The molecular formula is C27H29FN2O5. The number of nitrogens with one attached hydrogen (secondary N) is 1. The molecule has 0 aromatic heterocycles. The van der Waals surface area contributed by atoms with Gasteiger partial charge in [-0.25, -0.2) is 4.39 Å². The van der Waals surface area contributed by atoms with Gasteiger partial charge in [-0.1, -0.05) is 24.3 Å². The van der Waals surface area contributed by atoms with Crippen molar-refractivity contribution in [2.24, 2.45) is 0 Å². The van der Waals surface area contributed by atoms with E-state index in [1.807, 2.05) is 56.0 Å². The first-order valence-electron chi connectivity index (χ1n) is 11.7. The number of likely N-dealkylation sites (tertiary alicyclic amines) is 1. The van der Waals surface area contributed by atoms with E-state index in [0.717, 1.165) is 16.7 Å². The van der Waals surface area contributed by atoms with Crippen molar-refractivity contribution >= 4 is 22.7 Å². The molecule has 1 saturated heterocycles. The van der Waals surface area contributed by atoms with E-state index in [1.54, 1.807) is 6.07 Å². The number of aliphatic hydroxyl groups excluding tert-OH is 3. The van der Waals surface area contributed by atoms with Crippen LogP contribution in [-0.2, 0) is 16.1 Å². The number of rotatable bonds is 3. The predicted molar refractivity (Wildman–Crippen MR) is 129 cm³/mol. The van der Waals surface area contributed by atoms with Gasteiger partial charge < -0.3 is 25.4 Å². The number of benzene rings is 2. The number of nitrogens with zero attached hydrogens (tertiary/aromatic N) is 1. The van der Waals surface area contributed by atoms with Gasteiger partial charge in [0.25, 0.3) is 5.91 Å². The Morgan fingerprint density at radius 3 is 2.54 bits per heavy atom. The van der Waals surface area contributed by atoms with Gasteiger partial charge in [-0.05, 0) is 56.2 Å². The molecule has 0 saturated carbocycles. The van der Waals surface area contributed by atoms with Crippen LogP contribution in [0.3, 0.4) is 0 Å². The normalized spacial score (nSPS) is 30.0. The number of fused-ring (bicyclic) bond motifs is 1. The highest BCUT2D eigenvalue weighted by Gasteiger charge is 2.40. The number of carbonyl (C=O) groups is 1. The molecule has 1 amide bonds. The number of anilines is 1. The average molecular weight is 481 g/mol. The van der Waals surface area contributed by atoms with Crippen LogP contribution >= 0.6 is 0 Å². The zero-order chi connectivity index (χ0) is 25.1. The van der Waals surface area contributed by atoms with Crippen molar-refractivity contribution in [2.45, 2.75) is 57.3 Å². The van der Waals surface area contributed by atoms with E-state index in [1.165, 1.54) is 12.1 Å². The third kappa shape index (κ3) is 4.16. The Bertz CT molecular complexity index is 1240. The molecule has 4 atom stereocenters. The zero-order valence-corrected chi connectivity index (χ0v) is 19.8. The van der Waals surface area contributed by atoms with E-state index in [4.69, 9.17) is 4.74 Å². The van der Waals surface area contributed by atoms with Crippen molar-refractivity contribution in [3.05, 3.63) is 76.8 Å². The van der Waals surface area contributed by atoms with E-state index in [9.17, 15) is 24.5 Å². The van der Waals surface area contributed by atoms with Gasteiger partial charge in [-0.3, -0.25) is 9.69 Å². The van der Waals surface area contributed by atoms with Gasteiger partial charge in [0.15, 0.2) is 0 Å². The Hall–Kier alpha value is -3.04. The average Bonchev–Trinajstić information content (AvgIpc) is 3.30. The number of β-amino-alcohol motifs (C(OH)–C–C–N with tert-alkyl or cyclic N) is 1. The Balaban J connectivity index is 1.42. The quantitative estimate of drug-likeness (QED) is 0.504. The first-order chi connectivity index (χ1) is 16.5. The van der Waals surface area contributed by atoms with Crippen molar-refractivity contribution in [1.29, 1.82) is 0 Å². The van der Waals surface area contributed by atoms with E-state index < -0.39 is 29.7 Å². The molecule has 3 aliphatic heterocycles. The van der Waals surface area contributed by atoms with E-state index in [2.05, 4.69) is 5.32 Å². The second kappa shape index (κ2) is 8.57. The molecular weight excluding hydrogens is 451 g/mol. The summed E-state index contributed by atoms with van der Waals surface area (Å²) in [5.41, 5.74) is 3.47. The molecule has 0 spiro atoms. The van der Waals surface area contributed by atoms with Crippen molar-refractivity contribution < 1.29 is 29.2 Å². The lowest BCUT2D eigenvalue weighted by Crippen LogP contribution is -2.59. The summed E-state index contributed by atoms with van der Waals surface area (Å²) in [6.45, 7) is 6.45. The number of aliphatic hydroxyl groups is 3. The van der Waals surface area contributed by atoms with E-state index >= 15 is 0 Å². The molecule has 5 rings (SSSR count). The van der Waals surface area contributed by atoms with Crippen LogP contribution in [0.25, 0.3) is 11.1 Å². The van der Waals surface area contributed by atoms with Crippen molar-refractivity contribution in [2.75, 3.05) is 11.9 Å². The first-order valence-corrected chi connectivity index (χ1v) is 11.7. The largest absolute Gasteiger partial charge is 0.482 e. The first kappa shape index (κ1) is 23.7. The van der Waals surface area contributed by atoms with Crippen molar-refractivity contribution in [1.82, 2.24) is 4.90 Å². The molecule has 0 radical (unpaired) electrons. The number of hydrogen-bond donors (Lipinski definition) is 4. The highest BCUT2D eigenvalue weighted by atomic mass is 19.1. The molecule has 1 fully saturated rings. The van der Waals surface area contributed by atoms with E-state index in [-0.39, 0.29) is 18.5 Å². The molecule has 184 valence electrons. The number of hydrogen-bond acceptors (Lipinski definition) is 6. The Morgan fingerprint density at radius 2 is 1.83 bits per heavy atom. The minimum atomic E-state index is -1.14. The van der Waals surface area contributed by atoms with Crippen LogP contribution in [0.4, 0.5) is 10.1 Å². The number of allylic oxidation sites excluding steroid dienone is 1. The standard InChI is InChI=1S/C27H29FN2O5/c1-14-24(32)25(33)21(31)13-30(14)12-15-4-6-16(7-5-15)19-11-22(35-27(19,2)3)23-18-10-17(28)8-9-20(18)29-26(23)34/h4-11,14,21,24-25,31-33H,12-13H2,1-3H3,(H,29,34)/b23-22+/t14-,21+,24+,25-/m0/s1. The Labute approximate surface area is 203 Å². The summed E-state index contributed by atoms with van der Waals surface area (Å²) in [6, 6.07) is 11.8. The van der Waals surface area contributed by atoms with Gasteiger partial charge in [0, 0.05) is 36.0 Å². The van der Waals surface area contributed by atoms with Gasteiger partial charge >= 0.3 is 0 Å². The van der Waals surface area contributed by atoms with E-state index in [0.29, 0.717) is 29.1 Å². The number of carbonyl (C=O) groups excluding carboxylic acids is 1. The van der Waals surface area contributed by atoms with Crippen molar-refractivity contribution in [3.63, 3.8) is 0 Å². The number of halogens is 1. The number of piperidine rings is 1. The summed E-state index contributed by atoms with van der Waals surface area (Å²) in [6.07, 6.45) is -1.32. The Kier molecular flexibility index (Phi) is 5.80. The maximum absolute atomic E-state index is 13.9.